The molecule has 150 valence electrons. The first-order valence-corrected chi connectivity index (χ1v) is 10.6. The summed E-state index contributed by atoms with van der Waals surface area (Å²) >= 11 is 0. The van der Waals surface area contributed by atoms with Crippen LogP contribution in [0.25, 0.3) is 0 Å². The highest BCUT2D eigenvalue weighted by Gasteiger charge is 2.38. The van der Waals surface area contributed by atoms with Crippen molar-refractivity contribution >= 4 is 23.4 Å². The third kappa shape index (κ3) is 4.05. The summed E-state index contributed by atoms with van der Waals surface area (Å²) in [6.07, 6.45) is 6.31. The number of hydrogen-bond acceptors (Lipinski definition) is 3. The minimum Gasteiger partial charge on any atom is -0.353 e. The zero-order valence-electron chi connectivity index (χ0n) is 16.3. The molecule has 1 aliphatic carbocycles. The van der Waals surface area contributed by atoms with Gasteiger partial charge < -0.3 is 15.1 Å². The molecule has 1 aromatic rings. The molecule has 6 heteroatoms. The van der Waals surface area contributed by atoms with Gasteiger partial charge in [-0.05, 0) is 37.8 Å². The van der Waals surface area contributed by atoms with Gasteiger partial charge in [-0.15, -0.1) is 0 Å². The normalized spacial score (nSPS) is 24.0. The van der Waals surface area contributed by atoms with Crippen LogP contribution >= 0.6 is 0 Å². The highest BCUT2D eigenvalue weighted by Crippen LogP contribution is 2.28. The van der Waals surface area contributed by atoms with Gasteiger partial charge >= 0.3 is 0 Å². The van der Waals surface area contributed by atoms with E-state index in [-0.39, 0.29) is 36.0 Å². The number of anilines is 1. The third-order valence-electron chi connectivity index (χ3n) is 6.42. The number of piperidine rings is 1. The lowest BCUT2D eigenvalue weighted by molar-refractivity contribution is -0.139. The van der Waals surface area contributed by atoms with Crippen LogP contribution in [0.2, 0.25) is 0 Å². The highest BCUT2D eigenvalue weighted by atomic mass is 16.2. The van der Waals surface area contributed by atoms with Crippen LogP contribution in [0.4, 0.5) is 5.69 Å². The predicted molar refractivity (Wildman–Crippen MR) is 107 cm³/mol. The SMILES string of the molecule is O=C(NC1CCCC1)C1CCN(C(=O)C2CC(=O)N(c3ccccc3)C2)CC1. The van der Waals surface area contributed by atoms with Crippen LogP contribution in [-0.2, 0) is 14.4 Å². The van der Waals surface area contributed by atoms with Gasteiger partial charge in [0.1, 0.15) is 0 Å². The number of para-hydroxylation sites is 1. The van der Waals surface area contributed by atoms with E-state index in [2.05, 4.69) is 5.32 Å². The van der Waals surface area contributed by atoms with Crippen LogP contribution in [0.5, 0.6) is 0 Å². The molecule has 1 N–H and O–H groups in total. The van der Waals surface area contributed by atoms with Crippen molar-refractivity contribution in [2.24, 2.45) is 11.8 Å². The second-order valence-corrected chi connectivity index (χ2v) is 8.33. The number of benzene rings is 1. The van der Waals surface area contributed by atoms with E-state index >= 15 is 0 Å². The molecule has 1 saturated carbocycles. The summed E-state index contributed by atoms with van der Waals surface area (Å²) in [6, 6.07) is 9.87. The summed E-state index contributed by atoms with van der Waals surface area (Å²) in [5.74, 6) is -0.0469. The Morgan fingerprint density at radius 3 is 2.29 bits per heavy atom. The molecule has 1 atom stereocenters. The first kappa shape index (κ1) is 19.0. The lowest BCUT2D eigenvalue weighted by Crippen LogP contribution is -2.46. The molecule has 1 aromatic carbocycles. The maximum absolute atomic E-state index is 12.9. The molecule has 2 saturated heterocycles. The molecule has 2 heterocycles. The maximum Gasteiger partial charge on any atom is 0.228 e. The monoisotopic (exact) mass is 383 g/mol. The van der Waals surface area contributed by atoms with Crippen molar-refractivity contribution in [1.82, 2.24) is 10.2 Å². The zero-order chi connectivity index (χ0) is 19.5. The summed E-state index contributed by atoms with van der Waals surface area (Å²) in [7, 11) is 0. The molecule has 6 nitrogen and oxygen atoms in total. The van der Waals surface area contributed by atoms with Crippen molar-refractivity contribution in [1.29, 1.82) is 0 Å². The summed E-state index contributed by atoms with van der Waals surface area (Å²) in [5, 5.41) is 3.18. The van der Waals surface area contributed by atoms with Crippen LogP contribution in [0.1, 0.15) is 44.9 Å². The van der Waals surface area contributed by atoms with Crippen LogP contribution in [0, 0.1) is 11.8 Å². The zero-order valence-corrected chi connectivity index (χ0v) is 16.3. The largest absolute Gasteiger partial charge is 0.353 e. The molecule has 3 aliphatic rings. The average Bonchev–Trinajstić information content (AvgIpc) is 3.38. The van der Waals surface area contributed by atoms with Gasteiger partial charge in [0.05, 0.1) is 5.92 Å². The number of carbonyl (C=O) groups is 3. The van der Waals surface area contributed by atoms with Crippen LogP contribution in [-0.4, -0.2) is 48.3 Å². The average molecular weight is 383 g/mol. The molecule has 3 fully saturated rings. The van der Waals surface area contributed by atoms with Gasteiger partial charge in [0.2, 0.25) is 17.7 Å². The van der Waals surface area contributed by atoms with E-state index in [1.165, 1.54) is 12.8 Å². The molecule has 1 unspecified atom stereocenters. The van der Waals surface area contributed by atoms with E-state index in [0.29, 0.717) is 38.5 Å². The van der Waals surface area contributed by atoms with E-state index in [4.69, 9.17) is 0 Å². The maximum atomic E-state index is 12.9. The molecule has 0 radical (unpaired) electrons. The first-order chi connectivity index (χ1) is 13.6. The quantitative estimate of drug-likeness (QED) is 0.868. The molecule has 3 amide bonds. The Bertz CT molecular complexity index is 722. The Hall–Kier alpha value is -2.37. The second kappa shape index (κ2) is 8.33. The molecule has 0 bridgehead atoms. The lowest BCUT2D eigenvalue weighted by Gasteiger charge is -2.33. The van der Waals surface area contributed by atoms with Crippen molar-refractivity contribution in [3.05, 3.63) is 30.3 Å². The first-order valence-electron chi connectivity index (χ1n) is 10.6. The van der Waals surface area contributed by atoms with Gasteiger partial charge in [-0.3, -0.25) is 14.4 Å². The van der Waals surface area contributed by atoms with Gasteiger partial charge in [0, 0.05) is 43.7 Å². The smallest absolute Gasteiger partial charge is 0.228 e. The number of amides is 3. The van der Waals surface area contributed by atoms with Gasteiger partial charge in [0.15, 0.2) is 0 Å². The van der Waals surface area contributed by atoms with Crippen molar-refractivity contribution in [3.63, 3.8) is 0 Å². The Morgan fingerprint density at radius 1 is 0.929 bits per heavy atom. The topological polar surface area (TPSA) is 69.7 Å². The summed E-state index contributed by atoms with van der Waals surface area (Å²) in [6.45, 7) is 1.67. The van der Waals surface area contributed by atoms with Crippen LogP contribution in [0.3, 0.4) is 0 Å². The van der Waals surface area contributed by atoms with Gasteiger partial charge in [-0.1, -0.05) is 31.0 Å². The Labute approximate surface area is 166 Å². The number of nitrogens with zero attached hydrogens (tertiary/aromatic N) is 2. The van der Waals surface area contributed by atoms with E-state index in [9.17, 15) is 14.4 Å². The Balaban J connectivity index is 1.28. The number of nitrogens with one attached hydrogen (secondary N) is 1. The summed E-state index contributed by atoms with van der Waals surface area (Å²) in [4.78, 5) is 41.3. The molecular formula is C22H29N3O3. The van der Waals surface area contributed by atoms with E-state index < -0.39 is 0 Å². The molecule has 0 aromatic heterocycles. The summed E-state index contributed by atoms with van der Waals surface area (Å²) < 4.78 is 0. The fraction of sp³-hybridized carbons (Fsp3) is 0.591. The molecule has 2 aliphatic heterocycles. The van der Waals surface area contributed by atoms with E-state index in [1.54, 1.807) is 4.90 Å². The van der Waals surface area contributed by atoms with E-state index in [0.717, 1.165) is 18.5 Å². The fourth-order valence-corrected chi connectivity index (χ4v) is 4.74. The van der Waals surface area contributed by atoms with E-state index in [1.807, 2.05) is 35.2 Å². The fourth-order valence-electron chi connectivity index (χ4n) is 4.74. The van der Waals surface area contributed by atoms with Crippen molar-refractivity contribution in [2.75, 3.05) is 24.5 Å². The highest BCUT2D eigenvalue weighted by molar-refractivity contribution is 6.00. The van der Waals surface area contributed by atoms with Crippen molar-refractivity contribution < 1.29 is 14.4 Å². The number of carbonyl (C=O) groups excluding carboxylic acids is 3. The minimum absolute atomic E-state index is 0.00961. The number of rotatable bonds is 4. The van der Waals surface area contributed by atoms with Crippen LogP contribution in [0.15, 0.2) is 30.3 Å². The van der Waals surface area contributed by atoms with Crippen molar-refractivity contribution in [2.45, 2.75) is 51.0 Å². The van der Waals surface area contributed by atoms with Gasteiger partial charge in [-0.2, -0.15) is 0 Å². The Morgan fingerprint density at radius 2 is 1.61 bits per heavy atom. The van der Waals surface area contributed by atoms with Crippen molar-refractivity contribution in [3.8, 4) is 0 Å². The van der Waals surface area contributed by atoms with Gasteiger partial charge in [0.25, 0.3) is 0 Å². The standard InChI is InChI=1S/C22H29N3O3/c26-20-14-17(15-25(20)19-8-2-1-3-9-19)22(28)24-12-10-16(11-13-24)21(27)23-18-6-4-5-7-18/h1-3,8-9,16-18H,4-7,10-15H2,(H,23,27). The minimum atomic E-state index is -0.281. The van der Waals surface area contributed by atoms with Gasteiger partial charge in [-0.25, -0.2) is 0 Å². The van der Waals surface area contributed by atoms with Crippen LogP contribution < -0.4 is 10.2 Å². The summed E-state index contributed by atoms with van der Waals surface area (Å²) in [5.41, 5.74) is 0.852. The second-order valence-electron chi connectivity index (χ2n) is 8.33. The lowest BCUT2D eigenvalue weighted by atomic mass is 9.94. The number of hydrogen-bond donors (Lipinski definition) is 1. The number of likely N-dealkylation sites (tertiary alicyclic amines) is 1. The predicted octanol–water partition coefficient (Wildman–Crippen LogP) is 2.34. The molecule has 4 rings (SSSR count). The third-order valence-corrected chi connectivity index (χ3v) is 6.42. The molecular weight excluding hydrogens is 354 g/mol. The Kier molecular flexibility index (Phi) is 5.64. The molecule has 0 spiro atoms. The molecule has 28 heavy (non-hydrogen) atoms.